The number of carbonyl (C=O) groups is 4. The third-order valence-electron chi connectivity index (χ3n) is 18.7. The van der Waals surface area contributed by atoms with Gasteiger partial charge in [0.25, 0.3) is 11.8 Å². The Kier molecular flexibility index (Phi) is 8.22. The van der Waals surface area contributed by atoms with Crippen molar-refractivity contribution < 1.29 is 49.1 Å². The number of rotatable bonds is 10. The Morgan fingerprint density at radius 3 is 1.25 bits per heavy atom. The van der Waals surface area contributed by atoms with Crippen LogP contribution in [0.4, 0.5) is 0 Å². The molecule has 8 atom stereocenters. The Bertz CT molecular complexity index is 4100. The van der Waals surface area contributed by atoms with E-state index in [0.29, 0.717) is 35.0 Å². The summed E-state index contributed by atoms with van der Waals surface area (Å²) in [6.45, 7) is 3.33. The van der Waals surface area contributed by atoms with Gasteiger partial charge in [-0.3, -0.25) is 9.59 Å². The first-order valence-corrected chi connectivity index (χ1v) is 26.1. The van der Waals surface area contributed by atoms with Gasteiger partial charge in [-0.2, -0.15) is 0 Å². The molecule has 2 unspecified atom stereocenters. The van der Waals surface area contributed by atoms with Gasteiger partial charge in [-0.1, -0.05) is 105 Å². The number of carbonyl (C=O) groups excluding carboxylic acids is 2. The maximum Gasteiger partial charge on any atom is 0.341 e. The molecule has 0 saturated carbocycles. The number of nitrogens with zero attached hydrogens (tertiary/aromatic N) is 4. The molecule has 16 nitrogen and oxygen atoms in total. The van der Waals surface area contributed by atoms with Crippen LogP contribution in [0.5, 0.6) is 0 Å². The topological polar surface area (TPSA) is 211 Å². The number of aliphatic hydroxyl groups is 2. The summed E-state index contributed by atoms with van der Waals surface area (Å²) >= 11 is 0. The molecule has 4 aromatic heterocycles. The lowest BCUT2D eigenvalue weighted by atomic mass is 9.88. The van der Waals surface area contributed by atoms with Gasteiger partial charge in [0, 0.05) is 55.9 Å². The number of nitrogens with one attached hydrogen (secondary N) is 2. The minimum absolute atomic E-state index is 0.147. The first kappa shape index (κ1) is 43.6. The van der Waals surface area contributed by atoms with Gasteiger partial charge in [0.2, 0.25) is 11.2 Å². The molecule has 16 rings (SSSR count). The van der Waals surface area contributed by atoms with Crippen LogP contribution in [0.25, 0.3) is 87.2 Å². The molecule has 2 fully saturated rings. The van der Waals surface area contributed by atoms with Gasteiger partial charge in [-0.25, -0.2) is 9.59 Å². The lowest BCUT2D eigenvalue weighted by Gasteiger charge is -2.36. The van der Waals surface area contributed by atoms with Crippen molar-refractivity contribution in [3.8, 4) is 0 Å². The van der Waals surface area contributed by atoms with Crippen molar-refractivity contribution in [2.24, 2.45) is 0 Å². The SMILES string of the molecule is C[C@]12O[C@@H](C[C@]1(O)C(=O)O)n1c3ccccc3c3c4c(c5c6ccccc6n2c5c31)C(CCCCCCCC1NC(=O)c2c1c1c3ccccc3n3c1c1c2c2ccccc2n1[C@@H]1C[C@](O)(C(=O)O)[C@]3(C)O1)NC4=O. The number of carboxylic acids is 2. The summed E-state index contributed by atoms with van der Waals surface area (Å²) in [6, 6.07) is 30.6. The second kappa shape index (κ2) is 14.1. The molecule has 6 aliphatic rings. The number of hydrogen-bond acceptors (Lipinski definition) is 8. The van der Waals surface area contributed by atoms with Gasteiger partial charge in [0.15, 0.2) is 11.4 Å². The molecule has 10 heterocycles. The highest BCUT2D eigenvalue weighted by atomic mass is 16.6. The maximum absolute atomic E-state index is 14.5. The highest BCUT2D eigenvalue weighted by Crippen LogP contribution is 2.61. The van der Waals surface area contributed by atoms with Gasteiger partial charge < -0.3 is 58.8 Å². The van der Waals surface area contributed by atoms with Crippen LogP contribution in [0.1, 0.15) is 128 Å². The summed E-state index contributed by atoms with van der Waals surface area (Å²) in [6.07, 6.45) is 3.69. The Balaban J connectivity index is 0.732. The molecule has 6 aliphatic heterocycles. The van der Waals surface area contributed by atoms with Gasteiger partial charge >= 0.3 is 11.9 Å². The van der Waals surface area contributed by atoms with Crippen molar-refractivity contribution in [3.05, 3.63) is 119 Å². The predicted molar refractivity (Wildman–Crippen MR) is 280 cm³/mol. The third kappa shape index (κ3) is 4.90. The van der Waals surface area contributed by atoms with Crippen LogP contribution in [-0.2, 0) is 30.5 Å². The van der Waals surface area contributed by atoms with E-state index in [0.717, 1.165) is 119 Å². The van der Waals surface area contributed by atoms with Crippen molar-refractivity contribution in [1.29, 1.82) is 0 Å². The zero-order chi connectivity index (χ0) is 51.0. The van der Waals surface area contributed by atoms with E-state index in [1.165, 1.54) is 0 Å². The van der Waals surface area contributed by atoms with E-state index in [4.69, 9.17) is 9.47 Å². The molecule has 2 saturated heterocycles. The highest BCUT2D eigenvalue weighted by Gasteiger charge is 2.67. The number of aliphatic carboxylic acids is 2. The molecular weight excluding hydrogens is 953 g/mol. The number of aromatic nitrogens is 4. The molecule has 376 valence electrons. The molecule has 16 heteroatoms. The zero-order valence-corrected chi connectivity index (χ0v) is 40.9. The van der Waals surface area contributed by atoms with Crippen LogP contribution < -0.4 is 10.6 Å². The summed E-state index contributed by atoms with van der Waals surface area (Å²) in [4.78, 5) is 55.3. The normalized spacial score (nSPS) is 28.1. The minimum atomic E-state index is -2.26. The van der Waals surface area contributed by atoms with Gasteiger partial charge in [-0.05, 0) is 62.1 Å². The fourth-order valence-electron chi connectivity index (χ4n) is 15.4. The number of unbranched alkanes of at least 4 members (excludes halogenated alkanes) is 4. The smallest absolute Gasteiger partial charge is 0.341 e. The number of carboxylic acid groups (broad SMARTS) is 2. The molecule has 6 aromatic carbocycles. The highest BCUT2D eigenvalue weighted by molar-refractivity contribution is 6.33. The van der Waals surface area contributed by atoms with E-state index >= 15 is 0 Å². The molecule has 0 radical (unpaired) electrons. The second-order valence-electron chi connectivity index (χ2n) is 22.2. The van der Waals surface area contributed by atoms with Crippen molar-refractivity contribution in [2.75, 3.05) is 0 Å². The Hall–Kier alpha value is -7.76. The van der Waals surface area contributed by atoms with Crippen LogP contribution >= 0.6 is 0 Å². The minimum Gasteiger partial charge on any atom is -0.479 e. The summed E-state index contributed by atoms with van der Waals surface area (Å²) in [5.41, 5.74) is 1.21. The molecule has 4 bridgehead atoms. The zero-order valence-electron chi connectivity index (χ0n) is 40.9. The van der Waals surface area contributed by atoms with Crippen LogP contribution in [0.3, 0.4) is 0 Å². The van der Waals surface area contributed by atoms with Crippen LogP contribution in [0.2, 0.25) is 0 Å². The number of fused-ring (bicyclic) bond motifs is 26. The summed E-state index contributed by atoms with van der Waals surface area (Å²) in [5, 5.41) is 59.3. The second-order valence-corrected chi connectivity index (χ2v) is 22.2. The van der Waals surface area contributed by atoms with Crippen LogP contribution in [-0.4, -0.2) is 73.6 Å². The number of para-hydroxylation sites is 4. The molecular formula is C59H50N6O10. The molecule has 2 amide bonds. The summed E-state index contributed by atoms with van der Waals surface area (Å²) in [7, 11) is 0. The van der Waals surface area contributed by atoms with Gasteiger partial charge in [0.1, 0.15) is 12.5 Å². The Labute approximate surface area is 425 Å². The van der Waals surface area contributed by atoms with Crippen molar-refractivity contribution in [3.63, 3.8) is 0 Å². The first-order chi connectivity index (χ1) is 36.2. The monoisotopic (exact) mass is 1000 g/mol. The Morgan fingerprint density at radius 2 is 0.867 bits per heavy atom. The molecule has 75 heavy (non-hydrogen) atoms. The van der Waals surface area contributed by atoms with Crippen molar-refractivity contribution >= 4 is 111 Å². The fourth-order valence-corrected chi connectivity index (χ4v) is 15.4. The standard InChI is InChI=1S/C59H50N6O10/c1-56-58(72,54(68)69)26-38(74-56)62-34-22-12-8-16-28(34)42-46-44(40-30-18-10-14-24-36(30)64(56)50(40)48(42)62)32(60-52(46)66)20-6-4-3-5-7-21-33-45-41-31-19-11-15-25-37(31)65-51(41)49-43(47(45)53(67)61-33)29-17-9-13-23-35(29)63(49)39-27-59(73,55(70)71)57(65,2)75-39/h8-19,22-25,32-33,38-39,72-73H,3-7,20-21,26-27H2,1-2H3,(H,60,66)(H,61,67)(H,68,69)(H,70,71)/t32?,33?,38-,39-,56-,57-,58-,59-/m0/s1. The quantitative estimate of drug-likeness (QED) is 0.0714. The molecule has 10 aromatic rings. The largest absolute Gasteiger partial charge is 0.479 e. The van der Waals surface area contributed by atoms with Gasteiger partial charge in [-0.15, -0.1) is 0 Å². The third-order valence-corrected chi connectivity index (χ3v) is 18.7. The van der Waals surface area contributed by atoms with E-state index in [1.54, 1.807) is 13.8 Å². The Morgan fingerprint density at radius 1 is 0.520 bits per heavy atom. The fraction of sp³-hybridized carbons (Fsp3) is 0.322. The van der Waals surface area contributed by atoms with E-state index in [1.807, 2.05) is 115 Å². The van der Waals surface area contributed by atoms with E-state index < -0.39 is 47.0 Å². The molecule has 0 aliphatic carbocycles. The summed E-state index contributed by atoms with van der Waals surface area (Å²) < 4.78 is 21.3. The lowest BCUT2D eigenvalue weighted by molar-refractivity contribution is -0.200. The lowest BCUT2D eigenvalue weighted by Crippen LogP contribution is -2.55. The first-order valence-electron chi connectivity index (χ1n) is 26.1. The number of amides is 2. The van der Waals surface area contributed by atoms with E-state index in [9.17, 15) is 39.6 Å². The number of hydrogen-bond donors (Lipinski definition) is 6. The average molecular weight is 1000 g/mol. The van der Waals surface area contributed by atoms with Crippen molar-refractivity contribution in [2.45, 2.75) is 119 Å². The van der Waals surface area contributed by atoms with Crippen LogP contribution in [0.15, 0.2) is 97.1 Å². The summed E-state index contributed by atoms with van der Waals surface area (Å²) in [5.74, 6) is -3.01. The van der Waals surface area contributed by atoms with E-state index in [2.05, 4.69) is 10.6 Å². The van der Waals surface area contributed by atoms with Gasteiger partial charge in [0.05, 0.1) is 67.3 Å². The maximum atomic E-state index is 14.5. The molecule has 6 N–H and O–H groups in total. The number of ether oxygens (including phenoxy) is 2. The average Bonchev–Trinajstić information content (AvgIpc) is 4.36. The van der Waals surface area contributed by atoms with Crippen LogP contribution in [0, 0.1) is 0 Å². The predicted octanol–water partition coefficient (Wildman–Crippen LogP) is 9.96. The van der Waals surface area contributed by atoms with Crippen molar-refractivity contribution in [1.82, 2.24) is 28.9 Å². The van der Waals surface area contributed by atoms with E-state index in [-0.39, 0.29) is 36.7 Å². The number of benzene rings is 6. The molecule has 0 spiro atoms.